The summed E-state index contributed by atoms with van der Waals surface area (Å²) >= 11 is 0. The molecule has 69 heavy (non-hydrogen) atoms. The molecule has 1 atom stereocenters. The summed E-state index contributed by atoms with van der Waals surface area (Å²) in [6.45, 7) is 59.8. The number of rotatable bonds is 12. The van der Waals surface area contributed by atoms with Crippen LogP contribution >= 0.6 is 8.60 Å². The minimum absolute atomic E-state index is 0.0351. The summed E-state index contributed by atoms with van der Waals surface area (Å²) in [5.74, 6) is 2.58. The number of phenolic OH excluding ortho intramolecular Hbond substituents is 1. The number of hydrogen-bond donors (Lipinski definition) is 1. The summed E-state index contributed by atoms with van der Waals surface area (Å²) in [4.78, 5) is 0. The van der Waals surface area contributed by atoms with Crippen molar-refractivity contribution < 1.29 is 18.7 Å². The first-order valence-corrected chi connectivity index (χ1v) is 27.6. The average molecular weight is 961 g/mol. The van der Waals surface area contributed by atoms with Crippen LogP contribution in [0.5, 0.6) is 23.0 Å². The van der Waals surface area contributed by atoms with Crippen molar-refractivity contribution in [1.29, 1.82) is 0 Å². The van der Waals surface area contributed by atoms with Gasteiger partial charge in [-0.3, -0.25) is 0 Å². The van der Waals surface area contributed by atoms with Crippen molar-refractivity contribution in [3.63, 3.8) is 0 Å². The van der Waals surface area contributed by atoms with E-state index < -0.39 is 8.60 Å². The Balaban J connectivity index is 1.99. The first-order valence-electron chi connectivity index (χ1n) is 26.6. The summed E-state index contributed by atoms with van der Waals surface area (Å²) in [5.41, 5.74) is 12.4. The molecule has 4 aromatic rings. The van der Waals surface area contributed by atoms with E-state index in [0.29, 0.717) is 5.75 Å². The molecular formula is C64H97O4P. The Bertz CT molecular complexity index is 2420. The van der Waals surface area contributed by atoms with Gasteiger partial charge in [-0.15, -0.1) is 0 Å². The zero-order valence-corrected chi connectivity index (χ0v) is 49.6. The van der Waals surface area contributed by atoms with E-state index in [9.17, 15) is 5.11 Å². The lowest BCUT2D eigenvalue weighted by atomic mass is 9.72. The molecule has 5 heteroatoms. The van der Waals surface area contributed by atoms with Gasteiger partial charge in [-0.05, 0) is 96.8 Å². The molecule has 0 aromatic heterocycles. The van der Waals surface area contributed by atoms with Crippen LogP contribution < -0.4 is 13.6 Å². The Labute approximate surface area is 424 Å². The lowest BCUT2D eigenvalue weighted by Gasteiger charge is -2.38. The van der Waals surface area contributed by atoms with Gasteiger partial charge < -0.3 is 18.7 Å². The number of benzene rings is 4. The van der Waals surface area contributed by atoms with Crippen LogP contribution in [0.1, 0.15) is 284 Å². The Morgan fingerprint density at radius 3 is 1.16 bits per heavy atom. The van der Waals surface area contributed by atoms with Crippen molar-refractivity contribution in [2.24, 2.45) is 0 Å². The topological polar surface area (TPSA) is 47.9 Å². The zero-order valence-electron chi connectivity index (χ0n) is 48.7. The molecule has 0 saturated carbocycles. The lowest BCUT2D eigenvalue weighted by molar-refractivity contribution is 0.355. The maximum atomic E-state index is 12.5. The van der Waals surface area contributed by atoms with Gasteiger partial charge in [-0.25, -0.2) is 0 Å². The van der Waals surface area contributed by atoms with Crippen molar-refractivity contribution >= 4 is 8.60 Å². The monoisotopic (exact) mass is 961 g/mol. The largest absolute Gasteiger partial charge is 0.530 e. The molecule has 1 aliphatic heterocycles. The zero-order chi connectivity index (χ0) is 52.6. The maximum Gasteiger partial charge on any atom is 0.530 e. The summed E-state index contributed by atoms with van der Waals surface area (Å²) in [6, 6.07) is 18.9. The Hall–Kier alpha value is -3.49. The van der Waals surface area contributed by atoms with Gasteiger partial charge in [0.25, 0.3) is 0 Å². The number of phenols is 1. The van der Waals surface area contributed by atoms with E-state index in [1.807, 2.05) is 0 Å². The van der Waals surface area contributed by atoms with Crippen molar-refractivity contribution in [2.75, 3.05) is 0 Å². The highest BCUT2D eigenvalue weighted by Crippen LogP contribution is 2.59. The summed E-state index contributed by atoms with van der Waals surface area (Å²) in [6.07, 6.45) is 3.90. The molecule has 382 valence electrons. The fraction of sp³-hybridized carbons (Fsp3) is 0.625. The van der Waals surface area contributed by atoms with Crippen molar-refractivity contribution in [3.05, 3.63) is 115 Å². The second-order valence-corrected chi connectivity index (χ2v) is 28.7. The Kier molecular flexibility index (Phi) is 15.7. The first-order chi connectivity index (χ1) is 31.3. The second kappa shape index (κ2) is 19.2. The lowest BCUT2D eigenvalue weighted by Crippen LogP contribution is -2.26. The Morgan fingerprint density at radius 2 is 0.812 bits per heavy atom. The highest BCUT2D eigenvalue weighted by Gasteiger charge is 2.41. The van der Waals surface area contributed by atoms with Gasteiger partial charge in [0.2, 0.25) is 0 Å². The summed E-state index contributed by atoms with van der Waals surface area (Å²) in [5, 5.41) is 12.5. The molecule has 0 saturated heterocycles. The third-order valence-electron chi connectivity index (χ3n) is 16.8. The summed E-state index contributed by atoms with van der Waals surface area (Å²) < 4.78 is 23.0. The number of hydrogen-bond acceptors (Lipinski definition) is 4. The quantitative estimate of drug-likeness (QED) is 0.144. The average Bonchev–Trinajstić information content (AvgIpc) is 3.23. The molecule has 1 aliphatic rings. The highest BCUT2D eigenvalue weighted by molar-refractivity contribution is 7.43. The van der Waals surface area contributed by atoms with E-state index in [1.54, 1.807) is 0 Å². The van der Waals surface area contributed by atoms with Gasteiger partial charge in [0.05, 0.1) is 0 Å². The van der Waals surface area contributed by atoms with E-state index in [1.165, 1.54) is 44.5 Å². The molecule has 0 aliphatic carbocycles. The molecular weight excluding hydrogens is 864 g/mol. The predicted octanol–water partition coefficient (Wildman–Crippen LogP) is 19.7. The number of fused-ring (bicyclic) bond motifs is 2. The van der Waals surface area contributed by atoms with Gasteiger partial charge in [0.1, 0.15) is 23.0 Å². The van der Waals surface area contributed by atoms with E-state index in [2.05, 4.69) is 229 Å². The smallest absolute Gasteiger partial charge is 0.507 e. The van der Waals surface area contributed by atoms with E-state index in [4.69, 9.17) is 13.6 Å². The van der Waals surface area contributed by atoms with Crippen LogP contribution in [0.25, 0.3) is 0 Å². The van der Waals surface area contributed by atoms with Crippen LogP contribution in [0.3, 0.4) is 0 Å². The molecule has 0 radical (unpaired) electrons. The fourth-order valence-corrected chi connectivity index (χ4v) is 10.6. The fourth-order valence-electron chi connectivity index (χ4n) is 9.40. The summed E-state index contributed by atoms with van der Waals surface area (Å²) in [7, 11) is -2.13. The predicted molar refractivity (Wildman–Crippen MR) is 299 cm³/mol. The van der Waals surface area contributed by atoms with Gasteiger partial charge >= 0.3 is 8.60 Å². The van der Waals surface area contributed by atoms with Crippen LogP contribution in [-0.4, -0.2) is 5.11 Å². The third-order valence-corrected chi connectivity index (χ3v) is 17.8. The van der Waals surface area contributed by atoms with Gasteiger partial charge in [0, 0.05) is 50.8 Å². The Morgan fingerprint density at radius 1 is 0.464 bits per heavy atom. The van der Waals surface area contributed by atoms with E-state index >= 15 is 0 Å². The van der Waals surface area contributed by atoms with Gasteiger partial charge in [-0.1, -0.05) is 229 Å². The molecule has 0 amide bonds. The molecule has 0 bridgehead atoms. The van der Waals surface area contributed by atoms with Crippen LogP contribution in [0.2, 0.25) is 0 Å². The van der Waals surface area contributed by atoms with Gasteiger partial charge in [-0.2, -0.15) is 0 Å². The minimum Gasteiger partial charge on any atom is -0.507 e. The van der Waals surface area contributed by atoms with Crippen LogP contribution in [-0.2, 0) is 43.3 Å². The minimum atomic E-state index is -2.13. The van der Waals surface area contributed by atoms with Crippen LogP contribution in [0.4, 0.5) is 0 Å². The molecule has 1 N–H and O–H groups in total. The molecule has 0 spiro atoms. The normalized spacial score (nSPS) is 17.0. The third kappa shape index (κ3) is 11.4. The molecule has 1 heterocycles. The van der Waals surface area contributed by atoms with Crippen molar-refractivity contribution in [2.45, 2.75) is 261 Å². The first kappa shape index (κ1) is 56.4. The van der Waals surface area contributed by atoms with Crippen LogP contribution in [0, 0.1) is 0 Å². The molecule has 0 fully saturated rings. The molecule has 1 unspecified atom stereocenters. The SMILES string of the molecule is CCC(C)(C)c1cc2c(c(C(C)(C)CC)c1)OP(Oc1c(C(C)c3cc(C(C)(C)C)cc(C(C)(C)C)c3O)cc(C(C)(C)C)cc1C(C)(C)C)Oc1c(cc(C(C)(C)CC)cc1C(C)(C)CC)C2C. The number of aromatic hydroxyl groups is 1. The molecule has 5 rings (SSSR count). The van der Waals surface area contributed by atoms with Crippen molar-refractivity contribution in [1.82, 2.24) is 0 Å². The van der Waals surface area contributed by atoms with Crippen molar-refractivity contribution in [3.8, 4) is 23.0 Å². The maximum absolute atomic E-state index is 12.5. The van der Waals surface area contributed by atoms with E-state index in [0.717, 1.165) is 65.2 Å². The molecule has 4 aromatic carbocycles. The van der Waals surface area contributed by atoms with Gasteiger partial charge in [0.15, 0.2) is 0 Å². The molecule has 4 nitrogen and oxygen atoms in total. The van der Waals surface area contributed by atoms with Crippen LogP contribution in [0.15, 0.2) is 48.5 Å². The standard InChI is InChI=1S/C64H97O4P/c1-27-61(19,20)43-33-47-40(6)48-34-44(62(21,22)28-2)38-52(64(25,26)30-4)56(48)68-69(67-55(47)51(37-43)63(23,24)29-3)66-54-46(32-42(58(10,11)12)36-50(54)60(16,17)18)39(5)45-31-41(57(7,8)9)35-49(53(45)65)59(13,14)15/h31-40,65H,27-30H2,1-26H3. The van der Waals surface area contributed by atoms with E-state index in [-0.39, 0.29) is 55.2 Å². The highest BCUT2D eigenvalue weighted by atomic mass is 31.2. The second-order valence-electron chi connectivity index (χ2n) is 27.7.